The van der Waals surface area contributed by atoms with E-state index in [-0.39, 0.29) is 22.8 Å². The van der Waals surface area contributed by atoms with Crippen molar-refractivity contribution in [2.45, 2.75) is 48.6 Å². The van der Waals surface area contributed by atoms with Gasteiger partial charge in [-0.15, -0.1) is 0 Å². The van der Waals surface area contributed by atoms with Crippen LogP contribution in [-0.4, -0.2) is 31.9 Å². The van der Waals surface area contributed by atoms with Crippen molar-refractivity contribution in [1.82, 2.24) is 5.32 Å². The molecular weight excluding hydrogens is 531 g/mol. The van der Waals surface area contributed by atoms with E-state index >= 15 is 0 Å². The van der Waals surface area contributed by atoms with Gasteiger partial charge in [-0.05, 0) is 29.7 Å². The Morgan fingerprint density at radius 3 is 1.82 bits per heavy atom. The second-order valence-corrected chi connectivity index (χ2v) is 13.0. The predicted octanol–water partition coefficient (Wildman–Crippen LogP) is 7.13. The number of rotatable bonds is 16. The molecule has 3 rings (SSSR count). The minimum Gasteiger partial charge on any atom is -0.350 e. The van der Waals surface area contributed by atoms with Gasteiger partial charge in [0.05, 0.1) is 10.8 Å². The molecule has 7 heteroatoms. The zero-order valence-electron chi connectivity index (χ0n) is 21.9. The summed E-state index contributed by atoms with van der Waals surface area (Å²) in [5.41, 5.74) is 2.48. The van der Waals surface area contributed by atoms with Gasteiger partial charge in [0.25, 0.3) is 0 Å². The van der Waals surface area contributed by atoms with Crippen molar-refractivity contribution in [3.8, 4) is 0 Å². The average Bonchev–Trinajstić information content (AvgIpc) is 2.95. The number of hydrogen-bond donors (Lipinski definition) is 1. The molecule has 202 valence electrons. The second-order valence-electron chi connectivity index (χ2n) is 9.14. The van der Waals surface area contributed by atoms with Crippen LogP contribution in [0.2, 0.25) is 0 Å². The molecule has 0 bridgehead atoms. The Morgan fingerprint density at radius 2 is 1.32 bits per heavy atom. The molecule has 1 atom stereocenters. The monoisotopic (exact) mass is 567 g/mol. The second kappa shape index (κ2) is 16.5. The smallest absolute Gasteiger partial charge is 0.225 e. The van der Waals surface area contributed by atoms with E-state index < -0.39 is 9.84 Å². The minimum atomic E-state index is -3.57. The molecular formula is C31H37NO3S3. The number of unbranched alkanes of at least 4 members (excludes halogenated alkanes) is 1. The van der Waals surface area contributed by atoms with Gasteiger partial charge in [0, 0.05) is 34.5 Å². The number of nitrogens with one attached hydrogen (secondary N) is 1. The molecule has 38 heavy (non-hydrogen) atoms. The third-order valence-corrected chi connectivity index (χ3v) is 9.79. The zero-order chi connectivity index (χ0) is 27.1. The first kappa shape index (κ1) is 30.1. The quantitative estimate of drug-likeness (QED) is 0.199. The lowest BCUT2D eigenvalue weighted by molar-refractivity contribution is -0.124. The van der Waals surface area contributed by atoms with Gasteiger partial charge in [-0.1, -0.05) is 105 Å². The normalized spacial score (nSPS) is 12.6. The fraction of sp³-hybridized carbons (Fsp3) is 0.323. The number of hydrogen-bond acceptors (Lipinski definition) is 5. The first-order chi connectivity index (χ1) is 18.5. The highest BCUT2D eigenvalue weighted by Crippen LogP contribution is 2.22. The Morgan fingerprint density at radius 1 is 0.816 bits per heavy atom. The van der Waals surface area contributed by atoms with Crippen molar-refractivity contribution >= 4 is 39.3 Å². The van der Waals surface area contributed by atoms with Crippen molar-refractivity contribution in [3.05, 3.63) is 114 Å². The van der Waals surface area contributed by atoms with Crippen LogP contribution >= 0.6 is 23.5 Å². The standard InChI is InChI=1S/C31H37NO3S3/c1-2-3-17-29(20-21-38(34,35)30-18-11-6-12-19-30)32-31(33)28(24-36-22-26-13-7-4-8-14-26)25-37-23-27-15-9-5-10-16-27/h4-16,18-21,28-29H,2-3,17,22-25H2,1H3,(H,32,33)/b21-20+/t29-/m0/s1. The van der Waals surface area contributed by atoms with Crippen molar-refractivity contribution in [1.29, 1.82) is 0 Å². The van der Waals surface area contributed by atoms with E-state index in [1.165, 1.54) is 16.5 Å². The van der Waals surface area contributed by atoms with Gasteiger partial charge in [-0.3, -0.25) is 4.79 Å². The SMILES string of the molecule is CCCC[C@@H](/C=C/S(=O)(=O)c1ccccc1)NC(=O)C(CSCc1ccccc1)CSCc1ccccc1. The third-order valence-electron chi connectivity index (χ3n) is 5.99. The molecule has 0 heterocycles. The molecule has 0 aromatic heterocycles. The van der Waals surface area contributed by atoms with E-state index in [1.807, 2.05) is 36.4 Å². The largest absolute Gasteiger partial charge is 0.350 e. The van der Waals surface area contributed by atoms with Crippen LogP contribution in [0, 0.1) is 5.92 Å². The van der Waals surface area contributed by atoms with Gasteiger partial charge in [0.2, 0.25) is 5.91 Å². The highest BCUT2D eigenvalue weighted by Gasteiger charge is 2.21. The predicted molar refractivity (Wildman–Crippen MR) is 163 cm³/mol. The van der Waals surface area contributed by atoms with Crippen LogP contribution in [0.1, 0.15) is 37.3 Å². The van der Waals surface area contributed by atoms with E-state index in [0.29, 0.717) is 17.9 Å². The Hall–Kier alpha value is -2.48. The Balaban J connectivity index is 1.66. The third kappa shape index (κ3) is 10.7. The molecule has 1 N–H and O–H groups in total. The molecule has 0 aliphatic rings. The molecule has 0 fully saturated rings. The number of carbonyl (C=O) groups is 1. The first-order valence-corrected chi connectivity index (χ1v) is 16.9. The van der Waals surface area contributed by atoms with Crippen LogP contribution < -0.4 is 5.32 Å². The lowest BCUT2D eigenvalue weighted by Crippen LogP contribution is -2.40. The summed E-state index contributed by atoms with van der Waals surface area (Å²) in [4.78, 5) is 13.7. The van der Waals surface area contributed by atoms with Crippen molar-refractivity contribution < 1.29 is 13.2 Å². The van der Waals surface area contributed by atoms with Crippen LogP contribution in [0.4, 0.5) is 0 Å². The van der Waals surface area contributed by atoms with Gasteiger partial charge in [0.1, 0.15) is 0 Å². The van der Waals surface area contributed by atoms with Gasteiger partial charge in [-0.2, -0.15) is 23.5 Å². The van der Waals surface area contributed by atoms with E-state index in [9.17, 15) is 13.2 Å². The zero-order valence-corrected chi connectivity index (χ0v) is 24.3. The van der Waals surface area contributed by atoms with Crippen LogP contribution in [-0.2, 0) is 26.1 Å². The lowest BCUT2D eigenvalue weighted by atomic mass is 10.1. The van der Waals surface area contributed by atoms with Crippen LogP contribution in [0.5, 0.6) is 0 Å². The highest BCUT2D eigenvalue weighted by atomic mass is 32.2. The molecule has 0 aliphatic carbocycles. The summed E-state index contributed by atoms with van der Waals surface area (Å²) < 4.78 is 25.6. The van der Waals surface area contributed by atoms with Gasteiger partial charge < -0.3 is 5.32 Å². The first-order valence-electron chi connectivity index (χ1n) is 13.0. The summed E-state index contributed by atoms with van der Waals surface area (Å²) in [7, 11) is -3.57. The number of benzene rings is 3. The Kier molecular flexibility index (Phi) is 13.0. The van der Waals surface area contributed by atoms with Crippen molar-refractivity contribution in [3.63, 3.8) is 0 Å². The van der Waals surface area contributed by atoms with E-state index in [2.05, 4.69) is 36.5 Å². The maximum absolute atomic E-state index is 13.5. The van der Waals surface area contributed by atoms with Crippen molar-refractivity contribution in [2.24, 2.45) is 5.92 Å². The Bertz CT molecular complexity index is 1170. The number of sulfone groups is 1. The maximum Gasteiger partial charge on any atom is 0.225 e. The molecule has 0 unspecified atom stereocenters. The molecule has 4 nitrogen and oxygen atoms in total. The Labute approximate surface area is 236 Å². The molecule has 1 amide bonds. The molecule has 0 aliphatic heterocycles. The molecule has 0 saturated carbocycles. The van der Waals surface area contributed by atoms with E-state index in [1.54, 1.807) is 59.9 Å². The lowest BCUT2D eigenvalue weighted by Gasteiger charge is -2.21. The van der Waals surface area contributed by atoms with Crippen LogP contribution in [0.25, 0.3) is 0 Å². The summed E-state index contributed by atoms with van der Waals surface area (Å²) in [5, 5.41) is 4.40. The highest BCUT2D eigenvalue weighted by molar-refractivity contribution is 7.99. The molecule has 3 aromatic rings. The fourth-order valence-corrected chi connectivity index (χ4v) is 7.25. The summed E-state index contributed by atoms with van der Waals surface area (Å²) in [6.07, 6.45) is 4.21. The summed E-state index contributed by atoms with van der Waals surface area (Å²) >= 11 is 3.52. The maximum atomic E-state index is 13.5. The summed E-state index contributed by atoms with van der Waals surface area (Å²) in [5.74, 6) is 2.91. The average molecular weight is 568 g/mol. The fourth-order valence-electron chi connectivity index (χ4n) is 3.81. The van der Waals surface area contributed by atoms with Crippen LogP contribution in [0.15, 0.2) is 107 Å². The molecule has 0 radical (unpaired) electrons. The summed E-state index contributed by atoms with van der Waals surface area (Å²) in [6, 6.07) is 28.6. The van der Waals surface area contributed by atoms with Gasteiger partial charge in [0.15, 0.2) is 9.84 Å². The van der Waals surface area contributed by atoms with E-state index in [0.717, 1.165) is 24.3 Å². The van der Waals surface area contributed by atoms with Gasteiger partial charge >= 0.3 is 0 Å². The number of thioether (sulfide) groups is 2. The molecule has 0 spiro atoms. The minimum absolute atomic E-state index is 0.0195. The number of carbonyl (C=O) groups excluding carboxylic acids is 1. The molecule has 0 saturated heterocycles. The summed E-state index contributed by atoms with van der Waals surface area (Å²) in [6.45, 7) is 2.09. The number of amides is 1. The molecule has 3 aromatic carbocycles. The van der Waals surface area contributed by atoms with Gasteiger partial charge in [-0.25, -0.2) is 8.42 Å². The van der Waals surface area contributed by atoms with Crippen molar-refractivity contribution in [2.75, 3.05) is 11.5 Å². The van der Waals surface area contributed by atoms with Crippen LogP contribution in [0.3, 0.4) is 0 Å². The van der Waals surface area contributed by atoms with E-state index in [4.69, 9.17) is 0 Å². The topological polar surface area (TPSA) is 63.2 Å².